The van der Waals surface area contributed by atoms with Gasteiger partial charge in [0.15, 0.2) is 5.96 Å². The number of nitrogens with one attached hydrogen (secondary N) is 2. The summed E-state index contributed by atoms with van der Waals surface area (Å²) >= 11 is 5.84. The van der Waals surface area contributed by atoms with Gasteiger partial charge in [-0.15, -0.1) is 24.0 Å². The number of hydrogen-bond donors (Lipinski definition) is 2. The molecule has 1 saturated heterocycles. The minimum Gasteiger partial charge on any atom is -0.356 e. The molecule has 1 fully saturated rings. The molecule has 0 aliphatic carbocycles. The van der Waals surface area contributed by atoms with Crippen LogP contribution in [0.5, 0.6) is 0 Å². The van der Waals surface area contributed by atoms with E-state index in [4.69, 9.17) is 11.6 Å². The number of halogens is 2. The summed E-state index contributed by atoms with van der Waals surface area (Å²) in [5.41, 5.74) is 3.88. The summed E-state index contributed by atoms with van der Waals surface area (Å²) in [5, 5.41) is 7.36. The first kappa shape index (κ1) is 24.9. The first-order valence-electron chi connectivity index (χ1n) is 10.5. The second-order valence-electron chi connectivity index (χ2n) is 7.68. The maximum atomic E-state index is 5.84. The van der Waals surface area contributed by atoms with E-state index in [2.05, 4.69) is 56.7 Å². The molecule has 1 atom stereocenters. The van der Waals surface area contributed by atoms with Crippen LogP contribution >= 0.6 is 35.6 Å². The Morgan fingerprint density at radius 1 is 1.17 bits per heavy atom. The van der Waals surface area contributed by atoms with E-state index >= 15 is 0 Å². The minimum atomic E-state index is 0. The zero-order chi connectivity index (χ0) is 20.5. The first-order chi connectivity index (χ1) is 14.2. The van der Waals surface area contributed by atoms with Crippen molar-refractivity contribution in [3.05, 3.63) is 64.4 Å². The highest BCUT2D eigenvalue weighted by Crippen LogP contribution is 2.20. The number of rotatable bonds is 7. The fourth-order valence-corrected chi connectivity index (χ4v) is 3.89. The summed E-state index contributed by atoms with van der Waals surface area (Å²) < 4.78 is 0. The van der Waals surface area contributed by atoms with Crippen LogP contribution in [0.15, 0.2) is 47.6 Å². The predicted molar refractivity (Wildman–Crippen MR) is 137 cm³/mol. The lowest BCUT2D eigenvalue weighted by Crippen LogP contribution is -2.39. The Labute approximate surface area is 202 Å². The Balaban J connectivity index is 0.00000320. The van der Waals surface area contributed by atoms with Crippen LogP contribution in [0, 0.1) is 0 Å². The smallest absolute Gasteiger partial charge is 0.191 e. The second-order valence-corrected chi connectivity index (χ2v) is 8.06. The average molecular weight is 542 g/mol. The third-order valence-corrected chi connectivity index (χ3v) is 5.82. The molecule has 0 saturated carbocycles. The largest absolute Gasteiger partial charge is 0.356 e. The van der Waals surface area contributed by atoms with Gasteiger partial charge in [-0.05, 0) is 55.5 Å². The lowest BCUT2D eigenvalue weighted by molar-refractivity contribution is 0.152. The highest BCUT2D eigenvalue weighted by molar-refractivity contribution is 14.0. The van der Waals surface area contributed by atoms with Crippen molar-refractivity contribution in [2.75, 3.05) is 20.1 Å². The maximum Gasteiger partial charge on any atom is 0.191 e. The quantitative estimate of drug-likeness (QED) is 0.232. The molecule has 30 heavy (non-hydrogen) atoms. The van der Waals surface area contributed by atoms with E-state index in [0.29, 0.717) is 11.2 Å². The Hall–Kier alpha value is -1.38. The van der Waals surface area contributed by atoms with Gasteiger partial charge in [-0.1, -0.05) is 48.4 Å². The molecule has 0 bridgehead atoms. The van der Waals surface area contributed by atoms with Gasteiger partial charge in [0.1, 0.15) is 5.15 Å². The van der Waals surface area contributed by atoms with Crippen LogP contribution in [-0.2, 0) is 19.5 Å². The third kappa shape index (κ3) is 7.71. The minimum absolute atomic E-state index is 0. The standard InChI is InChI=1S/C23H32ClN5.HI/c1-18-7-5-6-14-29(18)17-21-9-4-3-8-20(21)16-28-23(25-2)26-13-12-19-10-11-22(24)27-15-19;/h3-4,8-11,15,18H,5-7,12-14,16-17H2,1-2H3,(H2,25,26,28);1H. The molecule has 0 amide bonds. The van der Waals surface area contributed by atoms with E-state index in [1.807, 2.05) is 18.3 Å². The molecule has 1 aromatic heterocycles. The number of likely N-dealkylation sites (tertiary alicyclic amines) is 1. The number of aromatic nitrogens is 1. The van der Waals surface area contributed by atoms with Crippen molar-refractivity contribution in [3.63, 3.8) is 0 Å². The van der Waals surface area contributed by atoms with E-state index < -0.39 is 0 Å². The molecule has 1 aliphatic heterocycles. The van der Waals surface area contributed by atoms with Crippen LogP contribution in [-0.4, -0.2) is 42.0 Å². The molecule has 1 aromatic carbocycles. The van der Waals surface area contributed by atoms with Gasteiger partial charge in [0, 0.05) is 38.9 Å². The van der Waals surface area contributed by atoms with Gasteiger partial charge in [-0.2, -0.15) is 0 Å². The van der Waals surface area contributed by atoms with Crippen LogP contribution in [0.25, 0.3) is 0 Å². The summed E-state index contributed by atoms with van der Waals surface area (Å²) in [6.45, 7) is 6.12. The van der Waals surface area contributed by atoms with Crippen molar-refractivity contribution in [2.45, 2.75) is 51.7 Å². The number of aliphatic imine (C=N–C) groups is 1. The Morgan fingerprint density at radius 3 is 2.67 bits per heavy atom. The summed E-state index contributed by atoms with van der Waals surface area (Å²) in [7, 11) is 1.81. The maximum absolute atomic E-state index is 5.84. The molecular formula is C23H33ClIN5. The number of benzene rings is 1. The van der Waals surface area contributed by atoms with Gasteiger partial charge < -0.3 is 10.6 Å². The zero-order valence-electron chi connectivity index (χ0n) is 17.9. The molecule has 2 heterocycles. The Kier molecular flexibility index (Phi) is 10.9. The molecule has 164 valence electrons. The summed E-state index contributed by atoms with van der Waals surface area (Å²) in [4.78, 5) is 11.1. The summed E-state index contributed by atoms with van der Waals surface area (Å²) in [5.74, 6) is 0.813. The zero-order valence-corrected chi connectivity index (χ0v) is 21.0. The first-order valence-corrected chi connectivity index (χ1v) is 10.9. The molecule has 2 aromatic rings. The van der Waals surface area contributed by atoms with Crippen molar-refractivity contribution in [1.82, 2.24) is 20.5 Å². The van der Waals surface area contributed by atoms with Crippen LogP contribution in [0.4, 0.5) is 0 Å². The molecule has 1 unspecified atom stereocenters. The number of pyridine rings is 1. The molecule has 7 heteroatoms. The Bertz CT molecular complexity index is 796. The summed E-state index contributed by atoms with van der Waals surface area (Å²) in [6.07, 6.45) is 6.66. The Morgan fingerprint density at radius 2 is 1.97 bits per heavy atom. The number of hydrogen-bond acceptors (Lipinski definition) is 3. The van der Waals surface area contributed by atoms with Gasteiger partial charge in [0.2, 0.25) is 0 Å². The average Bonchev–Trinajstić information content (AvgIpc) is 2.74. The third-order valence-electron chi connectivity index (χ3n) is 5.60. The van der Waals surface area contributed by atoms with Gasteiger partial charge in [0.05, 0.1) is 0 Å². The SMILES string of the molecule is CN=C(NCCc1ccc(Cl)nc1)NCc1ccccc1CN1CCCCC1C.I. The molecule has 0 radical (unpaired) electrons. The highest BCUT2D eigenvalue weighted by atomic mass is 127. The lowest BCUT2D eigenvalue weighted by Gasteiger charge is -2.33. The fourth-order valence-electron chi connectivity index (χ4n) is 3.77. The number of guanidine groups is 1. The van der Waals surface area contributed by atoms with Crippen molar-refractivity contribution < 1.29 is 0 Å². The van der Waals surface area contributed by atoms with Gasteiger partial charge in [-0.25, -0.2) is 4.98 Å². The van der Waals surface area contributed by atoms with Crippen molar-refractivity contribution in [3.8, 4) is 0 Å². The van der Waals surface area contributed by atoms with Crippen LogP contribution in [0.3, 0.4) is 0 Å². The van der Waals surface area contributed by atoms with E-state index in [1.165, 1.54) is 36.9 Å². The number of nitrogens with zero attached hydrogens (tertiary/aromatic N) is 3. The van der Waals surface area contributed by atoms with E-state index in [0.717, 1.165) is 37.6 Å². The van der Waals surface area contributed by atoms with E-state index in [9.17, 15) is 0 Å². The van der Waals surface area contributed by atoms with Crippen molar-refractivity contribution in [1.29, 1.82) is 0 Å². The normalized spacial score (nSPS) is 17.3. The van der Waals surface area contributed by atoms with Crippen molar-refractivity contribution in [2.24, 2.45) is 4.99 Å². The van der Waals surface area contributed by atoms with Crippen molar-refractivity contribution >= 4 is 41.5 Å². The predicted octanol–water partition coefficient (Wildman–Crippen LogP) is 4.64. The molecule has 2 N–H and O–H groups in total. The van der Waals surface area contributed by atoms with Gasteiger partial charge in [-0.3, -0.25) is 9.89 Å². The molecule has 3 rings (SSSR count). The van der Waals surface area contributed by atoms with E-state index in [1.54, 1.807) is 7.05 Å². The highest BCUT2D eigenvalue weighted by Gasteiger charge is 2.19. The van der Waals surface area contributed by atoms with Gasteiger partial charge >= 0.3 is 0 Å². The molecule has 1 aliphatic rings. The molecule has 0 spiro atoms. The van der Waals surface area contributed by atoms with Crippen LogP contribution in [0.1, 0.15) is 42.9 Å². The van der Waals surface area contributed by atoms with Crippen LogP contribution in [0.2, 0.25) is 5.15 Å². The monoisotopic (exact) mass is 541 g/mol. The molecule has 5 nitrogen and oxygen atoms in total. The van der Waals surface area contributed by atoms with Crippen LogP contribution < -0.4 is 10.6 Å². The van der Waals surface area contributed by atoms with E-state index in [-0.39, 0.29) is 24.0 Å². The topological polar surface area (TPSA) is 52.6 Å². The fraction of sp³-hybridized carbons (Fsp3) is 0.478. The van der Waals surface area contributed by atoms with Gasteiger partial charge in [0.25, 0.3) is 0 Å². The summed E-state index contributed by atoms with van der Waals surface area (Å²) in [6, 6.07) is 13.2. The number of piperidine rings is 1. The lowest BCUT2D eigenvalue weighted by atomic mass is 10.0. The second kappa shape index (κ2) is 13.1. The molecular weight excluding hydrogens is 509 g/mol.